The Labute approximate surface area is 419 Å². The molecule has 2 saturated heterocycles. The van der Waals surface area contributed by atoms with Crippen LogP contribution in [0.25, 0.3) is 0 Å². The molecule has 18 heteroatoms. The quantitative estimate of drug-likeness (QED) is 0.0804. The second-order valence-electron chi connectivity index (χ2n) is 19.9. The van der Waals surface area contributed by atoms with Crippen LogP contribution in [0.5, 0.6) is 0 Å². The molecule has 1 aliphatic carbocycles. The molecule has 0 radical (unpaired) electrons. The van der Waals surface area contributed by atoms with Gasteiger partial charge in [0.2, 0.25) is 23.6 Å². The van der Waals surface area contributed by atoms with Crippen LogP contribution < -0.4 is 21.3 Å². The molecule has 3 fully saturated rings. The van der Waals surface area contributed by atoms with Gasteiger partial charge in [0.1, 0.15) is 11.7 Å². The number of imide groups is 2. The highest BCUT2D eigenvalue weighted by molar-refractivity contribution is 6.26. The van der Waals surface area contributed by atoms with Crippen LogP contribution in [-0.2, 0) is 44.4 Å². The highest BCUT2D eigenvalue weighted by atomic mass is 16.2. The summed E-state index contributed by atoms with van der Waals surface area (Å²) in [6.45, 7) is 6.79. The molecule has 378 valence electrons. The Kier molecular flexibility index (Phi) is 15.1. The number of rotatable bonds is 18. The number of piperidine rings is 1. The maximum Gasteiger partial charge on any atom is 0.268 e. The summed E-state index contributed by atoms with van der Waals surface area (Å²) in [4.78, 5) is 112. The van der Waals surface area contributed by atoms with Gasteiger partial charge in [0, 0.05) is 96.2 Å². The van der Waals surface area contributed by atoms with Crippen molar-refractivity contribution in [3.8, 4) is 0 Å². The normalized spacial score (nSPS) is 18.8. The number of hydrogen-bond acceptors (Lipinski definition) is 11. The predicted octanol–water partition coefficient (Wildman–Crippen LogP) is 4.56. The minimum Gasteiger partial charge on any atom is -0.347 e. The summed E-state index contributed by atoms with van der Waals surface area (Å²) >= 11 is 0. The number of nitrogens with zero attached hydrogens (tertiary/aromatic N) is 6. The molecule has 1 saturated carbocycles. The van der Waals surface area contributed by atoms with Gasteiger partial charge in [0.05, 0.1) is 28.9 Å². The number of hydrogen-bond donors (Lipinski definition) is 4. The highest BCUT2D eigenvalue weighted by Crippen LogP contribution is 2.49. The van der Waals surface area contributed by atoms with Crippen LogP contribution in [0.1, 0.15) is 123 Å². The van der Waals surface area contributed by atoms with Crippen molar-refractivity contribution in [2.24, 2.45) is 0 Å². The molecule has 18 nitrogen and oxygen atoms in total. The predicted molar refractivity (Wildman–Crippen MR) is 269 cm³/mol. The van der Waals surface area contributed by atoms with E-state index in [0.717, 1.165) is 94.7 Å². The Morgan fingerprint density at radius 1 is 0.736 bits per heavy atom. The number of fused-ring (bicyclic) bond motifs is 3. The van der Waals surface area contributed by atoms with Crippen molar-refractivity contribution < 1.29 is 38.4 Å². The number of unbranched alkanes of at least 4 members (excludes halogenated alkanes) is 3. The molecule has 8 amide bonds. The average molecular weight is 981 g/mol. The second-order valence-corrected chi connectivity index (χ2v) is 19.9. The maximum absolute atomic E-state index is 13.5. The fourth-order valence-corrected chi connectivity index (χ4v) is 10.8. The standard InChI is InChI=1S/C54H64N10O8/c1-59(2)51(70)38-16-12-37(13-17-38)34-62-31-32-63-42(20-22-44(63)54(62)24-8-25-54)49(68)55-33-36-14-18-39(19-15-36)56-45(65)11-5-3-4-6-26-60-27-29-61(30-28-60)35-47(67)57-41-10-7-9-40-48(41)53(72)64(52(40)71)43-21-23-46(66)58-50(43)69/h7,9-10,12-20,22,43H,3-6,8,11,21,23-35H2,1-2H3,(H,55,68)(H,56,65)(H,57,67)(H,58,66,69). The zero-order valence-corrected chi connectivity index (χ0v) is 41.2. The van der Waals surface area contributed by atoms with Crippen molar-refractivity contribution in [1.82, 2.24) is 39.7 Å². The smallest absolute Gasteiger partial charge is 0.268 e. The van der Waals surface area contributed by atoms with Gasteiger partial charge >= 0.3 is 0 Å². The van der Waals surface area contributed by atoms with Gasteiger partial charge in [0.15, 0.2) is 0 Å². The molecule has 1 spiro atoms. The van der Waals surface area contributed by atoms with Crippen molar-refractivity contribution in [2.75, 3.05) is 70.5 Å². The summed E-state index contributed by atoms with van der Waals surface area (Å²) in [6.07, 6.45) is 7.48. The Bertz CT molecular complexity index is 2740. The van der Waals surface area contributed by atoms with Gasteiger partial charge in [-0.05, 0) is 105 Å². The lowest BCUT2D eigenvalue weighted by molar-refractivity contribution is -0.136. The monoisotopic (exact) mass is 980 g/mol. The average Bonchev–Trinajstić information content (AvgIpc) is 3.90. The van der Waals surface area contributed by atoms with Crippen LogP contribution in [0, 0.1) is 0 Å². The zero-order valence-electron chi connectivity index (χ0n) is 41.2. The van der Waals surface area contributed by atoms with E-state index in [2.05, 4.69) is 46.6 Å². The number of carbonyl (C=O) groups excluding carboxylic acids is 8. The summed E-state index contributed by atoms with van der Waals surface area (Å²) in [7, 11) is 3.52. The number of aromatic nitrogens is 1. The van der Waals surface area contributed by atoms with Crippen LogP contribution in [-0.4, -0.2) is 142 Å². The Hall–Kier alpha value is -7.02. The fourth-order valence-electron chi connectivity index (χ4n) is 10.8. The van der Waals surface area contributed by atoms with E-state index in [1.165, 1.54) is 17.3 Å². The minimum absolute atomic E-state index is 0.00810. The first-order chi connectivity index (χ1) is 34.8. The maximum atomic E-state index is 13.5. The molecule has 4 aliphatic heterocycles. The third-order valence-electron chi connectivity index (χ3n) is 14.9. The van der Waals surface area contributed by atoms with Gasteiger partial charge in [-0.2, -0.15) is 0 Å². The van der Waals surface area contributed by atoms with Crippen LogP contribution in [0.2, 0.25) is 0 Å². The van der Waals surface area contributed by atoms with Crippen molar-refractivity contribution >= 4 is 58.6 Å². The molecule has 5 heterocycles. The molecular weight excluding hydrogens is 917 g/mol. The van der Waals surface area contributed by atoms with E-state index in [9.17, 15) is 38.4 Å². The Morgan fingerprint density at radius 3 is 2.17 bits per heavy atom. The first kappa shape index (κ1) is 49.9. The second kappa shape index (κ2) is 21.8. The lowest BCUT2D eigenvalue weighted by Gasteiger charge is -2.53. The van der Waals surface area contributed by atoms with Gasteiger partial charge < -0.3 is 30.3 Å². The molecular formula is C54H64N10O8. The first-order valence-electron chi connectivity index (χ1n) is 25.3. The lowest BCUT2D eigenvalue weighted by atomic mass is 9.71. The SMILES string of the molecule is CN(C)C(=O)c1ccc(CN2CCn3c(C(=O)NCc4ccc(NC(=O)CCCCCCN5CCN(CC(=O)Nc6cccc7c6C(=O)N(C6CCC(=O)NC6=O)C7=O)CC5)cc4)ccc3C23CCC3)cc1. The topological polar surface area (TPSA) is 206 Å². The molecule has 1 unspecified atom stereocenters. The van der Waals surface area contributed by atoms with E-state index >= 15 is 0 Å². The molecule has 9 rings (SSSR count). The van der Waals surface area contributed by atoms with Crippen molar-refractivity contribution in [2.45, 2.75) is 95.4 Å². The van der Waals surface area contributed by atoms with E-state index in [1.807, 2.05) is 54.6 Å². The van der Waals surface area contributed by atoms with Gasteiger partial charge in [-0.1, -0.05) is 43.2 Å². The number of amides is 8. The van der Waals surface area contributed by atoms with Crippen LogP contribution in [0.3, 0.4) is 0 Å². The largest absolute Gasteiger partial charge is 0.347 e. The highest BCUT2D eigenvalue weighted by Gasteiger charge is 2.49. The van der Waals surface area contributed by atoms with Gasteiger partial charge in [-0.3, -0.25) is 58.4 Å². The minimum atomic E-state index is -1.09. The lowest BCUT2D eigenvalue weighted by Crippen LogP contribution is -2.56. The van der Waals surface area contributed by atoms with Gasteiger partial charge in [0.25, 0.3) is 23.6 Å². The summed E-state index contributed by atoms with van der Waals surface area (Å²) in [5.74, 6) is -2.88. The molecule has 3 aromatic carbocycles. The summed E-state index contributed by atoms with van der Waals surface area (Å²) in [5, 5.41) is 11.1. The van der Waals surface area contributed by atoms with E-state index in [4.69, 9.17) is 0 Å². The first-order valence-corrected chi connectivity index (χ1v) is 25.3. The zero-order chi connectivity index (χ0) is 50.5. The van der Waals surface area contributed by atoms with Gasteiger partial charge in [-0.25, -0.2) is 0 Å². The van der Waals surface area contributed by atoms with E-state index in [0.29, 0.717) is 43.0 Å². The third kappa shape index (κ3) is 10.8. The number of anilines is 2. The number of carbonyl (C=O) groups is 8. The number of piperazine rings is 1. The van der Waals surface area contributed by atoms with E-state index in [-0.39, 0.29) is 65.4 Å². The van der Waals surface area contributed by atoms with Crippen LogP contribution in [0.4, 0.5) is 11.4 Å². The molecule has 1 atom stereocenters. The van der Waals surface area contributed by atoms with E-state index < -0.39 is 29.7 Å². The van der Waals surface area contributed by atoms with Crippen LogP contribution >= 0.6 is 0 Å². The Morgan fingerprint density at radius 2 is 1.46 bits per heavy atom. The molecule has 0 bridgehead atoms. The van der Waals surface area contributed by atoms with Crippen molar-refractivity contribution in [3.05, 3.63) is 118 Å². The summed E-state index contributed by atoms with van der Waals surface area (Å²) in [6, 6.07) is 23.1. The van der Waals surface area contributed by atoms with Crippen molar-refractivity contribution in [1.29, 1.82) is 0 Å². The molecule has 1 aromatic heterocycles. The fraction of sp³-hybridized carbons (Fsp3) is 0.444. The number of nitrogens with one attached hydrogen (secondary N) is 4. The number of benzene rings is 3. The molecule has 4 aromatic rings. The summed E-state index contributed by atoms with van der Waals surface area (Å²) < 4.78 is 2.19. The third-order valence-corrected chi connectivity index (χ3v) is 14.9. The van der Waals surface area contributed by atoms with Gasteiger partial charge in [-0.15, -0.1) is 0 Å². The van der Waals surface area contributed by atoms with Crippen molar-refractivity contribution in [3.63, 3.8) is 0 Å². The molecule has 72 heavy (non-hydrogen) atoms. The summed E-state index contributed by atoms with van der Waals surface area (Å²) in [5.41, 5.74) is 5.65. The molecule has 5 aliphatic rings. The van der Waals surface area contributed by atoms with Crippen LogP contribution in [0.15, 0.2) is 78.9 Å². The molecule has 4 N–H and O–H groups in total. The Balaban J connectivity index is 0.640. The van der Waals surface area contributed by atoms with E-state index in [1.54, 1.807) is 31.1 Å².